The van der Waals surface area contributed by atoms with E-state index in [0.29, 0.717) is 0 Å². The molecule has 7 nitrogen and oxygen atoms in total. The van der Waals surface area contributed by atoms with Crippen LogP contribution in [0.1, 0.15) is 18.1 Å². The third-order valence-corrected chi connectivity index (χ3v) is 4.79. The molecular weight excluding hydrogens is 332 g/mol. The number of ether oxygens (including phenoxy) is 1. The van der Waals surface area contributed by atoms with Crippen LogP contribution in [0.15, 0.2) is 18.2 Å². The van der Waals surface area contributed by atoms with E-state index in [9.17, 15) is 14.1 Å². The first-order valence-corrected chi connectivity index (χ1v) is 9.04. The molecule has 1 rings (SSSR count). The summed E-state index contributed by atoms with van der Waals surface area (Å²) in [5.41, 5.74) is 8.24. The van der Waals surface area contributed by atoms with Crippen LogP contribution in [-0.2, 0) is 25.5 Å². The van der Waals surface area contributed by atoms with Gasteiger partial charge in [0.25, 0.3) is 0 Å². The zero-order valence-electron chi connectivity index (χ0n) is 14.1. The van der Waals surface area contributed by atoms with Crippen molar-refractivity contribution in [2.75, 3.05) is 23.4 Å². The van der Waals surface area contributed by atoms with E-state index >= 15 is 0 Å². The van der Waals surface area contributed by atoms with Gasteiger partial charge >= 0.3 is 11.9 Å². The van der Waals surface area contributed by atoms with Crippen LogP contribution in [0.2, 0.25) is 0 Å². The number of esters is 1. The summed E-state index contributed by atoms with van der Waals surface area (Å²) < 4.78 is 16.7. The van der Waals surface area contributed by atoms with Crippen molar-refractivity contribution in [1.82, 2.24) is 0 Å². The molecule has 0 aliphatic heterocycles. The van der Waals surface area contributed by atoms with E-state index in [2.05, 4.69) is 5.32 Å². The van der Waals surface area contributed by atoms with Gasteiger partial charge in [-0.1, -0.05) is 18.2 Å². The van der Waals surface area contributed by atoms with E-state index in [1.807, 2.05) is 32.0 Å². The third kappa shape index (κ3) is 6.38. The van der Waals surface area contributed by atoms with Gasteiger partial charge in [-0.2, -0.15) is 0 Å². The minimum atomic E-state index is -1.45. The lowest BCUT2D eigenvalue weighted by atomic mass is 10.1. The molecule has 0 spiro atoms. The molecule has 0 fully saturated rings. The van der Waals surface area contributed by atoms with Gasteiger partial charge in [0, 0.05) is 5.69 Å². The maximum Gasteiger partial charge on any atom is 0.328 e. The van der Waals surface area contributed by atoms with Crippen molar-refractivity contribution in [3.63, 3.8) is 0 Å². The molecule has 8 heteroatoms. The number of carbonyl (C=O) groups excluding carboxylic acids is 1. The normalized spacial score (nSPS) is 14.5. The highest BCUT2D eigenvalue weighted by atomic mass is 32.2. The number of carboxylic acid groups (broad SMARTS) is 1. The van der Waals surface area contributed by atoms with Crippen LogP contribution in [0, 0.1) is 13.8 Å². The minimum absolute atomic E-state index is 0.0451. The molecule has 24 heavy (non-hydrogen) atoms. The summed E-state index contributed by atoms with van der Waals surface area (Å²) in [4.78, 5) is 22.6. The first kappa shape index (κ1) is 20.3. The molecule has 0 saturated heterocycles. The lowest BCUT2D eigenvalue weighted by Gasteiger charge is -2.18. The van der Waals surface area contributed by atoms with Crippen LogP contribution < -0.4 is 11.1 Å². The molecule has 1 aromatic rings. The maximum atomic E-state index is 12.0. The molecule has 1 aromatic carbocycles. The molecule has 4 N–H and O–H groups in total. The number of carboxylic acids is 1. The van der Waals surface area contributed by atoms with E-state index in [4.69, 9.17) is 15.6 Å². The number of aliphatic carboxylic acids is 1. The molecule has 2 unspecified atom stereocenters. The lowest BCUT2D eigenvalue weighted by molar-refractivity contribution is -0.143. The Balaban J connectivity index is 2.41. The first-order chi connectivity index (χ1) is 11.2. The number of para-hydroxylation sites is 1. The predicted octanol–water partition coefficient (Wildman–Crippen LogP) is 0.808. The molecule has 0 amide bonds. The molecule has 0 bridgehead atoms. The second kappa shape index (κ2) is 9.51. The van der Waals surface area contributed by atoms with Crippen LogP contribution in [0.4, 0.5) is 5.69 Å². The smallest absolute Gasteiger partial charge is 0.328 e. The number of hydrogen-bond donors (Lipinski definition) is 3. The standard InChI is InChI=1S/C16H24N2O5S/c1-10-5-4-6-11(2)14(10)18-12(3)16(21)23-7-8-24(22)9-13(17)15(19)20/h4-6,12-13,18H,7-9,17H2,1-3H3,(H,19,20)/t12-,13?,24?/m0/s1. The Labute approximate surface area is 144 Å². The number of nitrogens with one attached hydrogen (secondary N) is 1. The highest BCUT2D eigenvalue weighted by Gasteiger charge is 2.21. The number of anilines is 1. The summed E-state index contributed by atoms with van der Waals surface area (Å²) in [6.07, 6.45) is 0. The molecule has 0 saturated carbocycles. The molecule has 0 aromatic heterocycles. The summed E-state index contributed by atoms with van der Waals surface area (Å²) >= 11 is -1.45. The van der Waals surface area contributed by atoms with E-state index in [1.165, 1.54) is 0 Å². The van der Waals surface area contributed by atoms with Crippen LogP contribution in [0.3, 0.4) is 0 Å². The fourth-order valence-electron chi connectivity index (χ4n) is 2.03. The Hall–Kier alpha value is -1.77. The Morgan fingerprint density at radius 1 is 1.38 bits per heavy atom. The fraction of sp³-hybridized carbons (Fsp3) is 0.500. The Bertz CT molecular complexity index is 561. The maximum absolute atomic E-state index is 12.0. The molecule has 3 atom stereocenters. The molecule has 134 valence electrons. The molecule has 0 heterocycles. The average Bonchev–Trinajstić information content (AvgIpc) is 2.50. The number of carbonyl (C=O) groups is 2. The predicted molar refractivity (Wildman–Crippen MR) is 93.4 cm³/mol. The summed E-state index contributed by atoms with van der Waals surface area (Å²) in [5.74, 6) is -1.77. The Kier molecular flexibility index (Phi) is 8.03. The number of aryl methyl sites for hydroxylation is 2. The van der Waals surface area contributed by atoms with Gasteiger partial charge in [0.2, 0.25) is 0 Å². The van der Waals surface area contributed by atoms with E-state index < -0.39 is 35.2 Å². The van der Waals surface area contributed by atoms with Crippen molar-refractivity contribution in [3.8, 4) is 0 Å². The molecule has 0 radical (unpaired) electrons. The Morgan fingerprint density at radius 3 is 2.50 bits per heavy atom. The number of hydrogen-bond acceptors (Lipinski definition) is 6. The minimum Gasteiger partial charge on any atom is -0.616 e. The van der Waals surface area contributed by atoms with Crippen molar-refractivity contribution in [2.45, 2.75) is 32.9 Å². The summed E-state index contributed by atoms with van der Waals surface area (Å²) in [5, 5.41) is 11.8. The SMILES string of the molecule is Cc1cccc(C)c1N[C@@H](C)C(=O)OCC[S+]([O-])CC(N)C(=O)O. The van der Waals surface area contributed by atoms with Crippen molar-refractivity contribution >= 4 is 28.8 Å². The van der Waals surface area contributed by atoms with Gasteiger partial charge in [-0.3, -0.25) is 4.79 Å². The lowest BCUT2D eigenvalue weighted by Crippen LogP contribution is -2.38. The van der Waals surface area contributed by atoms with Crippen molar-refractivity contribution < 1.29 is 24.0 Å². The topological polar surface area (TPSA) is 125 Å². The van der Waals surface area contributed by atoms with E-state index in [0.717, 1.165) is 16.8 Å². The Morgan fingerprint density at radius 2 is 1.96 bits per heavy atom. The average molecular weight is 356 g/mol. The number of rotatable bonds is 9. The number of nitrogens with two attached hydrogens (primary N) is 1. The highest BCUT2D eigenvalue weighted by Crippen LogP contribution is 2.20. The van der Waals surface area contributed by atoms with Crippen LogP contribution in [0.25, 0.3) is 0 Å². The molecular formula is C16H24N2O5S. The van der Waals surface area contributed by atoms with Crippen molar-refractivity contribution in [1.29, 1.82) is 0 Å². The first-order valence-electron chi connectivity index (χ1n) is 7.55. The van der Waals surface area contributed by atoms with Crippen molar-refractivity contribution in [3.05, 3.63) is 29.3 Å². The van der Waals surface area contributed by atoms with Gasteiger partial charge in [0.1, 0.15) is 30.2 Å². The molecule has 0 aliphatic carbocycles. The van der Waals surface area contributed by atoms with Crippen LogP contribution in [0.5, 0.6) is 0 Å². The fourth-order valence-corrected chi connectivity index (χ4v) is 3.01. The van der Waals surface area contributed by atoms with Gasteiger partial charge in [0.15, 0.2) is 0 Å². The van der Waals surface area contributed by atoms with Crippen LogP contribution >= 0.6 is 0 Å². The van der Waals surface area contributed by atoms with Crippen LogP contribution in [-0.4, -0.2) is 51.8 Å². The third-order valence-electron chi connectivity index (χ3n) is 3.43. The van der Waals surface area contributed by atoms with Gasteiger partial charge < -0.3 is 25.4 Å². The molecule has 0 aliphatic rings. The number of benzene rings is 1. The monoisotopic (exact) mass is 356 g/mol. The van der Waals surface area contributed by atoms with Gasteiger partial charge in [-0.05, 0) is 43.1 Å². The zero-order valence-corrected chi connectivity index (χ0v) is 14.9. The summed E-state index contributed by atoms with van der Waals surface area (Å²) in [6, 6.07) is 4.10. The largest absolute Gasteiger partial charge is 0.616 e. The second-order valence-electron chi connectivity index (χ2n) is 5.56. The zero-order chi connectivity index (χ0) is 18.3. The summed E-state index contributed by atoms with van der Waals surface area (Å²) in [6.45, 7) is 5.53. The quantitative estimate of drug-likeness (QED) is 0.441. The van der Waals surface area contributed by atoms with Gasteiger partial charge in [0.05, 0.1) is 0 Å². The van der Waals surface area contributed by atoms with E-state index in [-0.39, 0.29) is 18.1 Å². The van der Waals surface area contributed by atoms with Crippen molar-refractivity contribution in [2.24, 2.45) is 5.73 Å². The highest BCUT2D eigenvalue weighted by molar-refractivity contribution is 7.91. The van der Waals surface area contributed by atoms with Gasteiger partial charge in [-0.15, -0.1) is 0 Å². The summed E-state index contributed by atoms with van der Waals surface area (Å²) in [7, 11) is 0. The second-order valence-corrected chi connectivity index (χ2v) is 7.18. The van der Waals surface area contributed by atoms with E-state index in [1.54, 1.807) is 6.92 Å². The van der Waals surface area contributed by atoms with Gasteiger partial charge in [-0.25, -0.2) is 4.79 Å².